The van der Waals surface area contributed by atoms with Crippen molar-refractivity contribution in [1.29, 1.82) is 0 Å². The van der Waals surface area contributed by atoms with E-state index >= 15 is 0 Å². The lowest BCUT2D eigenvalue weighted by atomic mass is 10.2. The Morgan fingerprint density at radius 2 is 1.76 bits per heavy atom. The lowest BCUT2D eigenvalue weighted by Gasteiger charge is -2.14. The largest absolute Gasteiger partial charge is 0.494 e. The SMILES string of the molecule is CCOc1ccc(CN(C)Cc2nc(-c3ccc(F)cc3)no2)cc1. The third-order valence-corrected chi connectivity index (χ3v) is 3.66. The molecule has 0 radical (unpaired) electrons. The number of aromatic nitrogens is 2. The molecule has 0 bridgehead atoms. The molecule has 6 heteroatoms. The molecule has 3 aromatic rings. The molecule has 0 saturated carbocycles. The average Bonchev–Trinajstić information content (AvgIpc) is 3.06. The first-order chi connectivity index (χ1) is 12.1. The van der Waals surface area contributed by atoms with E-state index in [1.165, 1.54) is 17.7 Å². The Bertz CT molecular complexity index is 800. The number of benzene rings is 2. The maximum absolute atomic E-state index is 13.0. The highest BCUT2D eigenvalue weighted by molar-refractivity contribution is 5.53. The molecule has 0 unspecified atom stereocenters. The molecule has 0 fully saturated rings. The van der Waals surface area contributed by atoms with Crippen molar-refractivity contribution >= 4 is 0 Å². The molecule has 25 heavy (non-hydrogen) atoms. The molecule has 5 nitrogen and oxygen atoms in total. The summed E-state index contributed by atoms with van der Waals surface area (Å²) in [7, 11) is 1.98. The fourth-order valence-corrected chi connectivity index (χ4v) is 2.49. The minimum atomic E-state index is -0.289. The molecule has 3 rings (SSSR count). The van der Waals surface area contributed by atoms with Crippen molar-refractivity contribution in [3.63, 3.8) is 0 Å². The standard InChI is InChI=1S/C19H20FN3O2/c1-3-24-17-10-4-14(5-11-17)12-23(2)13-18-21-19(22-25-18)15-6-8-16(20)9-7-15/h4-11H,3,12-13H2,1-2H3. The highest BCUT2D eigenvalue weighted by atomic mass is 19.1. The Morgan fingerprint density at radius 3 is 2.44 bits per heavy atom. The Morgan fingerprint density at radius 1 is 1.04 bits per heavy atom. The van der Waals surface area contributed by atoms with Crippen molar-refractivity contribution in [2.75, 3.05) is 13.7 Å². The summed E-state index contributed by atoms with van der Waals surface area (Å²) < 4.78 is 23.7. The van der Waals surface area contributed by atoms with Crippen LogP contribution in [-0.4, -0.2) is 28.7 Å². The zero-order valence-corrected chi connectivity index (χ0v) is 14.3. The molecular formula is C19H20FN3O2. The van der Waals surface area contributed by atoms with E-state index in [4.69, 9.17) is 9.26 Å². The second-order valence-corrected chi connectivity index (χ2v) is 5.77. The van der Waals surface area contributed by atoms with Crippen LogP contribution < -0.4 is 4.74 Å². The average molecular weight is 341 g/mol. The lowest BCUT2D eigenvalue weighted by molar-refractivity contribution is 0.260. The lowest BCUT2D eigenvalue weighted by Crippen LogP contribution is -2.17. The van der Waals surface area contributed by atoms with E-state index in [1.807, 2.05) is 38.2 Å². The van der Waals surface area contributed by atoms with Crippen LogP contribution in [-0.2, 0) is 13.1 Å². The van der Waals surface area contributed by atoms with Crippen LogP contribution in [0.1, 0.15) is 18.4 Å². The topological polar surface area (TPSA) is 51.4 Å². The molecule has 0 amide bonds. The van der Waals surface area contributed by atoms with E-state index in [0.717, 1.165) is 17.9 Å². The van der Waals surface area contributed by atoms with Crippen molar-refractivity contribution in [3.05, 3.63) is 65.8 Å². The summed E-state index contributed by atoms with van der Waals surface area (Å²) in [4.78, 5) is 6.45. The van der Waals surface area contributed by atoms with Gasteiger partial charge in [0.15, 0.2) is 0 Å². The van der Waals surface area contributed by atoms with Gasteiger partial charge in [0.25, 0.3) is 0 Å². The molecule has 0 aliphatic carbocycles. The first-order valence-electron chi connectivity index (χ1n) is 8.13. The van der Waals surface area contributed by atoms with Gasteiger partial charge < -0.3 is 9.26 Å². The second-order valence-electron chi connectivity index (χ2n) is 5.77. The van der Waals surface area contributed by atoms with Crippen molar-refractivity contribution < 1.29 is 13.7 Å². The minimum Gasteiger partial charge on any atom is -0.494 e. The zero-order chi connectivity index (χ0) is 17.6. The number of nitrogens with zero attached hydrogens (tertiary/aromatic N) is 3. The molecule has 0 atom stereocenters. The summed E-state index contributed by atoms with van der Waals surface area (Å²) in [5.74, 6) is 1.56. The minimum absolute atomic E-state index is 0.289. The third kappa shape index (κ3) is 4.64. The predicted octanol–water partition coefficient (Wildman–Crippen LogP) is 3.91. The van der Waals surface area contributed by atoms with Crippen LogP contribution in [0.15, 0.2) is 53.1 Å². The summed E-state index contributed by atoms with van der Waals surface area (Å²) in [6.45, 7) is 3.90. The van der Waals surface area contributed by atoms with E-state index in [-0.39, 0.29) is 5.82 Å². The van der Waals surface area contributed by atoms with Crippen molar-refractivity contribution in [2.45, 2.75) is 20.0 Å². The highest BCUT2D eigenvalue weighted by Crippen LogP contribution is 2.17. The third-order valence-electron chi connectivity index (χ3n) is 3.66. The van der Waals surface area contributed by atoms with Gasteiger partial charge in [-0.2, -0.15) is 4.98 Å². The molecule has 0 saturated heterocycles. The van der Waals surface area contributed by atoms with Gasteiger partial charge in [0.1, 0.15) is 11.6 Å². The van der Waals surface area contributed by atoms with Crippen LogP contribution in [0.5, 0.6) is 5.75 Å². The second kappa shape index (κ2) is 7.90. The maximum Gasteiger partial charge on any atom is 0.241 e. The molecule has 130 valence electrons. The molecular weight excluding hydrogens is 321 g/mol. The quantitative estimate of drug-likeness (QED) is 0.652. The summed E-state index contributed by atoms with van der Waals surface area (Å²) in [5.41, 5.74) is 1.90. The maximum atomic E-state index is 13.0. The summed E-state index contributed by atoms with van der Waals surface area (Å²) in [5, 5.41) is 3.96. The molecule has 0 spiro atoms. The van der Waals surface area contributed by atoms with E-state index < -0.39 is 0 Å². The van der Waals surface area contributed by atoms with E-state index in [2.05, 4.69) is 15.0 Å². The monoisotopic (exact) mass is 341 g/mol. The van der Waals surface area contributed by atoms with Crippen molar-refractivity contribution in [2.24, 2.45) is 0 Å². The van der Waals surface area contributed by atoms with Gasteiger partial charge in [0.2, 0.25) is 11.7 Å². The van der Waals surface area contributed by atoms with Gasteiger partial charge in [0, 0.05) is 12.1 Å². The van der Waals surface area contributed by atoms with Crippen LogP contribution in [0.3, 0.4) is 0 Å². The van der Waals surface area contributed by atoms with Gasteiger partial charge in [-0.25, -0.2) is 4.39 Å². The van der Waals surface area contributed by atoms with Crippen LogP contribution in [0.4, 0.5) is 4.39 Å². The van der Waals surface area contributed by atoms with Gasteiger partial charge in [0.05, 0.1) is 13.2 Å². The Labute approximate surface area is 146 Å². The number of hydrogen-bond acceptors (Lipinski definition) is 5. The number of ether oxygens (including phenoxy) is 1. The number of rotatable bonds is 7. The van der Waals surface area contributed by atoms with Crippen molar-refractivity contribution in [1.82, 2.24) is 15.0 Å². The smallest absolute Gasteiger partial charge is 0.241 e. The summed E-state index contributed by atoms with van der Waals surface area (Å²) >= 11 is 0. The molecule has 0 aliphatic rings. The predicted molar refractivity (Wildman–Crippen MR) is 92.5 cm³/mol. The first-order valence-corrected chi connectivity index (χ1v) is 8.13. The number of hydrogen-bond donors (Lipinski definition) is 0. The van der Waals surface area contributed by atoms with Crippen LogP contribution >= 0.6 is 0 Å². The van der Waals surface area contributed by atoms with Gasteiger partial charge in [-0.1, -0.05) is 17.3 Å². The van der Waals surface area contributed by atoms with Crippen molar-refractivity contribution in [3.8, 4) is 17.1 Å². The van der Waals surface area contributed by atoms with E-state index in [0.29, 0.717) is 24.9 Å². The van der Waals surface area contributed by atoms with Gasteiger partial charge in [-0.3, -0.25) is 4.90 Å². The molecule has 1 aromatic heterocycles. The fraction of sp³-hybridized carbons (Fsp3) is 0.263. The van der Waals surface area contributed by atoms with E-state index in [1.54, 1.807) is 12.1 Å². The van der Waals surface area contributed by atoms with Gasteiger partial charge in [-0.15, -0.1) is 0 Å². The Hall–Kier alpha value is -2.73. The van der Waals surface area contributed by atoms with Crippen LogP contribution in [0, 0.1) is 5.82 Å². The molecule has 2 aromatic carbocycles. The normalized spacial score (nSPS) is 11.0. The van der Waals surface area contributed by atoms with E-state index in [9.17, 15) is 4.39 Å². The first kappa shape index (κ1) is 17.1. The van der Waals surface area contributed by atoms with Crippen LogP contribution in [0.25, 0.3) is 11.4 Å². The molecule has 1 heterocycles. The molecule has 0 aliphatic heterocycles. The Kier molecular flexibility index (Phi) is 5.40. The van der Waals surface area contributed by atoms with Gasteiger partial charge >= 0.3 is 0 Å². The fourth-order valence-electron chi connectivity index (χ4n) is 2.49. The molecule has 0 N–H and O–H groups in total. The van der Waals surface area contributed by atoms with Crippen LogP contribution in [0.2, 0.25) is 0 Å². The highest BCUT2D eigenvalue weighted by Gasteiger charge is 2.11. The summed E-state index contributed by atoms with van der Waals surface area (Å²) in [6, 6.07) is 14.0. The van der Waals surface area contributed by atoms with Gasteiger partial charge in [-0.05, 0) is 55.9 Å². The number of halogens is 1. The Balaban J connectivity index is 1.59. The summed E-state index contributed by atoms with van der Waals surface area (Å²) in [6.07, 6.45) is 0. The zero-order valence-electron chi connectivity index (χ0n) is 14.3.